The number of aromatic nitrogens is 1. The van der Waals surface area contributed by atoms with E-state index >= 15 is 0 Å². The number of nitrogens with zero attached hydrogens (tertiary/aromatic N) is 1. The second kappa shape index (κ2) is 4.53. The molecule has 1 heterocycles. The van der Waals surface area contributed by atoms with Crippen LogP contribution in [0.3, 0.4) is 0 Å². The first kappa shape index (κ1) is 11.4. The molecular weight excluding hydrogens is 242 g/mol. The largest absolute Gasteiger partial charge is 0.389 e. The lowest BCUT2D eigenvalue weighted by Crippen LogP contribution is -2.29. The van der Waals surface area contributed by atoms with Crippen LogP contribution in [-0.2, 0) is 0 Å². The van der Waals surface area contributed by atoms with E-state index in [2.05, 4.69) is 10.3 Å². The Morgan fingerprint density at radius 2 is 2.11 bits per heavy atom. The molecule has 0 atom stereocenters. The second-order valence-corrected chi connectivity index (χ2v) is 5.15. The van der Waals surface area contributed by atoms with Gasteiger partial charge in [0.15, 0.2) is 0 Å². The molecule has 1 fully saturated rings. The number of anilines is 1. The van der Waals surface area contributed by atoms with Crippen LogP contribution in [0.5, 0.6) is 0 Å². The fourth-order valence-electron chi connectivity index (χ4n) is 2.16. The highest BCUT2D eigenvalue weighted by atomic mass is 32.1. The molecule has 0 unspecified atom stereocenters. The molecule has 3 nitrogen and oxygen atoms in total. The van der Waals surface area contributed by atoms with Crippen molar-refractivity contribution in [1.29, 1.82) is 0 Å². The molecule has 0 amide bonds. The summed E-state index contributed by atoms with van der Waals surface area (Å²) in [4.78, 5) is 5.04. The summed E-state index contributed by atoms with van der Waals surface area (Å²) in [5.41, 5.74) is 7.61. The molecule has 1 aromatic carbocycles. The van der Waals surface area contributed by atoms with Crippen molar-refractivity contribution < 1.29 is 0 Å². The lowest BCUT2D eigenvalue weighted by Gasteiger charge is -2.28. The fourth-order valence-corrected chi connectivity index (χ4v) is 2.32. The second-order valence-electron chi connectivity index (χ2n) is 4.71. The predicted octanol–water partition coefficient (Wildman–Crippen LogP) is 2.83. The summed E-state index contributed by atoms with van der Waals surface area (Å²) >= 11 is 5.12. The molecule has 0 spiro atoms. The Balaban J connectivity index is 2.07. The quantitative estimate of drug-likeness (QED) is 0.830. The number of thiocarbonyl (C=S) groups is 1. The van der Waals surface area contributed by atoms with Crippen molar-refractivity contribution in [2.75, 3.05) is 5.32 Å². The van der Waals surface area contributed by atoms with Crippen LogP contribution in [0, 0.1) is 0 Å². The Bertz CT molecular complexity index is 605. The zero-order chi connectivity index (χ0) is 12.5. The average Bonchev–Trinajstić information content (AvgIpc) is 2.32. The van der Waals surface area contributed by atoms with Gasteiger partial charge in [0.2, 0.25) is 0 Å². The lowest BCUT2D eigenvalue weighted by atomic mass is 9.93. The summed E-state index contributed by atoms with van der Waals surface area (Å²) in [6.07, 6.45) is 3.68. The predicted molar refractivity (Wildman–Crippen MR) is 78.9 cm³/mol. The first-order chi connectivity index (χ1) is 8.74. The van der Waals surface area contributed by atoms with Gasteiger partial charge in [0.25, 0.3) is 0 Å². The van der Waals surface area contributed by atoms with E-state index in [-0.39, 0.29) is 0 Å². The number of hydrogen-bond donors (Lipinski definition) is 2. The normalized spacial score (nSPS) is 15.3. The first-order valence-electron chi connectivity index (χ1n) is 6.20. The molecule has 2 aromatic rings. The van der Waals surface area contributed by atoms with Crippen LogP contribution in [0.2, 0.25) is 0 Å². The molecule has 1 aromatic heterocycles. The van der Waals surface area contributed by atoms with Gasteiger partial charge >= 0.3 is 0 Å². The van der Waals surface area contributed by atoms with Crippen LogP contribution >= 0.6 is 12.2 Å². The Labute approximate surface area is 111 Å². The van der Waals surface area contributed by atoms with Crippen molar-refractivity contribution in [3.05, 3.63) is 35.9 Å². The van der Waals surface area contributed by atoms with Crippen LogP contribution in [0.15, 0.2) is 30.3 Å². The molecule has 0 radical (unpaired) electrons. The third-order valence-electron chi connectivity index (χ3n) is 3.44. The van der Waals surface area contributed by atoms with Gasteiger partial charge in [0, 0.05) is 11.4 Å². The maximum absolute atomic E-state index is 5.79. The van der Waals surface area contributed by atoms with Gasteiger partial charge in [-0.05, 0) is 31.4 Å². The van der Waals surface area contributed by atoms with Gasteiger partial charge in [-0.25, -0.2) is 4.98 Å². The van der Waals surface area contributed by atoms with Gasteiger partial charge in [-0.2, -0.15) is 0 Å². The molecule has 1 aliphatic carbocycles. The van der Waals surface area contributed by atoms with Crippen molar-refractivity contribution in [2.24, 2.45) is 5.73 Å². The molecule has 3 N–H and O–H groups in total. The van der Waals surface area contributed by atoms with Crippen molar-refractivity contribution in [1.82, 2.24) is 4.98 Å². The van der Waals surface area contributed by atoms with Gasteiger partial charge in [-0.15, -0.1) is 0 Å². The van der Waals surface area contributed by atoms with E-state index in [1.807, 2.05) is 30.3 Å². The number of benzene rings is 1. The Hall–Kier alpha value is -1.68. The van der Waals surface area contributed by atoms with Crippen LogP contribution < -0.4 is 11.1 Å². The zero-order valence-corrected chi connectivity index (χ0v) is 10.8. The van der Waals surface area contributed by atoms with Crippen molar-refractivity contribution >= 4 is 33.9 Å². The van der Waals surface area contributed by atoms with E-state index in [0.717, 1.165) is 22.3 Å². The Morgan fingerprint density at radius 1 is 1.33 bits per heavy atom. The summed E-state index contributed by atoms with van der Waals surface area (Å²) in [5.74, 6) is 0.825. The SMILES string of the molecule is NC(=S)c1cc2ccccc2nc1NC1CCC1. The van der Waals surface area contributed by atoms with Crippen molar-refractivity contribution in [3.8, 4) is 0 Å². The van der Waals surface area contributed by atoms with E-state index in [0.29, 0.717) is 11.0 Å². The Kier molecular flexibility index (Phi) is 2.88. The van der Waals surface area contributed by atoms with Crippen LogP contribution in [-0.4, -0.2) is 16.0 Å². The number of fused-ring (bicyclic) bond motifs is 1. The monoisotopic (exact) mass is 257 g/mol. The first-order valence-corrected chi connectivity index (χ1v) is 6.61. The van der Waals surface area contributed by atoms with Crippen LogP contribution in [0.1, 0.15) is 24.8 Å². The topological polar surface area (TPSA) is 50.9 Å². The molecule has 3 rings (SSSR count). The molecule has 4 heteroatoms. The summed E-state index contributed by atoms with van der Waals surface area (Å²) in [5, 5.41) is 4.51. The maximum atomic E-state index is 5.79. The van der Waals surface area contributed by atoms with E-state index in [9.17, 15) is 0 Å². The van der Waals surface area contributed by atoms with E-state index in [4.69, 9.17) is 18.0 Å². The molecule has 0 aliphatic heterocycles. The van der Waals surface area contributed by atoms with Crippen LogP contribution in [0.25, 0.3) is 10.9 Å². The summed E-state index contributed by atoms with van der Waals surface area (Å²) < 4.78 is 0. The van der Waals surface area contributed by atoms with Gasteiger partial charge in [0.05, 0.1) is 11.1 Å². The summed E-state index contributed by atoms with van der Waals surface area (Å²) in [6, 6.07) is 10.6. The number of pyridine rings is 1. The minimum absolute atomic E-state index is 0.398. The van der Waals surface area contributed by atoms with Gasteiger partial charge in [0.1, 0.15) is 10.8 Å². The third kappa shape index (κ3) is 2.04. The van der Waals surface area contributed by atoms with Crippen molar-refractivity contribution in [3.63, 3.8) is 0 Å². The lowest BCUT2D eigenvalue weighted by molar-refractivity contribution is 0.444. The molecular formula is C14H15N3S. The van der Waals surface area contributed by atoms with Crippen molar-refractivity contribution in [2.45, 2.75) is 25.3 Å². The highest BCUT2D eigenvalue weighted by Gasteiger charge is 2.19. The highest BCUT2D eigenvalue weighted by molar-refractivity contribution is 7.80. The standard InChI is InChI=1S/C14H15N3S/c15-13(18)11-8-9-4-1-2-7-12(9)17-14(11)16-10-5-3-6-10/h1-2,4,7-8,10H,3,5-6H2,(H2,15,18)(H,16,17). The number of rotatable bonds is 3. The van der Waals surface area contributed by atoms with Gasteiger partial charge < -0.3 is 11.1 Å². The molecule has 0 bridgehead atoms. The molecule has 1 saturated carbocycles. The van der Waals surface area contributed by atoms with Gasteiger partial charge in [-0.3, -0.25) is 0 Å². The number of nitrogens with two attached hydrogens (primary N) is 1. The molecule has 0 saturated heterocycles. The Morgan fingerprint density at radius 3 is 2.78 bits per heavy atom. The molecule has 1 aliphatic rings. The molecule has 92 valence electrons. The zero-order valence-electron chi connectivity index (χ0n) is 10.0. The number of hydrogen-bond acceptors (Lipinski definition) is 3. The van der Waals surface area contributed by atoms with Gasteiger partial charge in [-0.1, -0.05) is 30.4 Å². The summed E-state index contributed by atoms with van der Waals surface area (Å²) in [6.45, 7) is 0. The molecule has 18 heavy (non-hydrogen) atoms. The average molecular weight is 257 g/mol. The number of para-hydroxylation sites is 1. The maximum Gasteiger partial charge on any atom is 0.137 e. The minimum atomic E-state index is 0.398. The van der Waals surface area contributed by atoms with E-state index in [1.54, 1.807) is 0 Å². The smallest absolute Gasteiger partial charge is 0.137 e. The minimum Gasteiger partial charge on any atom is -0.389 e. The number of nitrogens with one attached hydrogen (secondary N) is 1. The van der Waals surface area contributed by atoms with Crippen LogP contribution in [0.4, 0.5) is 5.82 Å². The highest BCUT2D eigenvalue weighted by Crippen LogP contribution is 2.26. The summed E-state index contributed by atoms with van der Waals surface area (Å²) in [7, 11) is 0. The third-order valence-corrected chi connectivity index (χ3v) is 3.66. The van der Waals surface area contributed by atoms with E-state index < -0.39 is 0 Å². The van der Waals surface area contributed by atoms with E-state index in [1.165, 1.54) is 19.3 Å². The fraction of sp³-hybridized carbons (Fsp3) is 0.286.